The number of nitrogens with zero attached hydrogens (tertiary/aromatic N) is 2. The quantitative estimate of drug-likeness (QED) is 0.367. The summed E-state index contributed by atoms with van der Waals surface area (Å²) in [6.45, 7) is 0. The first kappa shape index (κ1) is 16.6. The second-order valence-electron chi connectivity index (χ2n) is 4.49. The van der Waals surface area contributed by atoms with Crippen LogP contribution in [0.25, 0.3) is 6.08 Å². The highest BCUT2D eigenvalue weighted by atomic mass is 79.9. The molecule has 0 aromatic heterocycles. The number of rotatable bonds is 5. The van der Waals surface area contributed by atoms with Gasteiger partial charge in [0.15, 0.2) is 0 Å². The number of carbonyl (C=O) groups is 1. The highest BCUT2D eigenvalue weighted by molar-refractivity contribution is 9.10. The predicted molar refractivity (Wildman–Crippen MR) is 91.2 cm³/mol. The van der Waals surface area contributed by atoms with Crippen molar-refractivity contribution in [3.63, 3.8) is 0 Å². The lowest BCUT2D eigenvalue weighted by molar-refractivity contribution is -0.385. The Morgan fingerprint density at radius 2 is 1.83 bits per heavy atom. The van der Waals surface area contributed by atoms with Crippen LogP contribution in [0.3, 0.4) is 0 Å². The maximum atomic E-state index is 10.9. The Kier molecular flexibility index (Phi) is 5.37. The molecule has 2 aromatic rings. The summed E-state index contributed by atoms with van der Waals surface area (Å²) in [4.78, 5) is 25.1. The van der Waals surface area contributed by atoms with Gasteiger partial charge in [-0.25, -0.2) is 4.79 Å². The first-order valence-electron chi connectivity index (χ1n) is 6.45. The zero-order valence-corrected chi connectivity index (χ0v) is 13.3. The molecule has 2 aromatic carbocycles. The predicted octanol–water partition coefficient (Wildman–Crippen LogP) is 4.21. The van der Waals surface area contributed by atoms with Gasteiger partial charge in [0.25, 0.3) is 5.69 Å². The Bertz CT molecular complexity index is 798. The lowest BCUT2D eigenvalue weighted by Gasteiger charge is -1.98. The van der Waals surface area contributed by atoms with E-state index in [1.165, 1.54) is 18.4 Å². The molecule has 0 radical (unpaired) electrons. The molecule has 0 aliphatic heterocycles. The van der Waals surface area contributed by atoms with Crippen molar-refractivity contribution < 1.29 is 14.8 Å². The van der Waals surface area contributed by atoms with Crippen molar-refractivity contribution >= 4 is 45.6 Å². The zero-order valence-electron chi connectivity index (χ0n) is 11.7. The fourth-order valence-electron chi connectivity index (χ4n) is 1.74. The summed E-state index contributed by atoms with van der Waals surface area (Å²) in [7, 11) is 0. The Morgan fingerprint density at radius 1 is 1.17 bits per heavy atom. The molecule has 0 fully saturated rings. The van der Waals surface area contributed by atoms with Crippen molar-refractivity contribution in [1.29, 1.82) is 0 Å². The van der Waals surface area contributed by atoms with Gasteiger partial charge in [0.1, 0.15) is 0 Å². The molecule has 0 bridgehead atoms. The number of benzene rings is 2. The lowest BCUT2D eigenvalue weighted by Crippen LogP contribution is -1.91. The van der Waals surface area contributed by atoms with Crippen LogP contribution < -0.4 is 0 Å². The fraction of sp³-hybridized carbons (Fsp3) is 0. The molecule has 0 atom stereocenters. The van der Waals surface area contributed by atoms with E-state index in [1.54, 1.807) is 36.4 Å². The third-order valence-corrected chi connectivity index (χ3v) is 3.51. The van der Waals surface area contributed by atoms with Gasteiger partial charge in [-0.1, -0.05) is 18.2 Å². The third-order valence-electron chi connectivity index (χ3n) is 2.84. The summed E-state index contributed by atoms with van der Waals surface area (Å²) < 4.78 is 0.411. The molecular weight excluding hydrogens is 364 g/mol. The molecule has 6 nitrogen and oxygen atoms in total. The number of aliphatic imine (C=N–C) groups is 1. The number of nitro benzene ring substituents is 1. The Morgan fingerprint density at radius 3 is 2.43 bits per heavy atom. The minimum atomic E-state index is -1.01. The summed E-state index contributed by atoms with van der Waals surface area (Å²) in [5, 5.41) is 19.4. The number of carboxylic acids is 1. The van der Waals surface area contributed by atoms with E-state index in [1.807, 2.05) is 0 Å². The largest absolute Gasteiger partial charge is 0.478 e. The van der Waals surface area contributed by atoms with Crippen LogP contribution in [0.1, 0.15) is 11.1 Å². The number of nitro groups is 1. The Labute approximate surface area is 140 Å². The summed E-state index contributed by atoms with van der Waals surface area (Å²) >= 11 is 3.13. The molecular formula is C16H11BrN2O4. The molecule has 0 aliphatic carbocycles. The monoisotopic (exact) mass is 374 g/mol. The second-order valence-corrected chi connectivity index (χ2v) is 5.34. The summed E-state index contributed by atoms with van der Waals surface area (Å²) in [6, 6.07) is 11.7. The van der Waals surface area contributed by atoms with Crippen LogP contribution in [0.5, 0.6) is 0 Å². The molecule has 0 heterocycles. The van der Waals surface area contributed by atoms with Crippen LogP contribution in [-0.4, -0.2) is 22.2 Å². The first-order valence-corrected chi connectivity index (χ1v) is 7.24. The molecule has 0 aliphatic rings. The average Bonchev–Trinajstić information content (AvgIpc) is 2.52. The van der Waals surface area contributed by atoms with Gasteiger partial charge in [-0.15, -0.1) is 0 Å². The molecule has 0 saturated heterocycles. The minimum Gasteiger partial charge on any atom is -0.478 e. The average molecular weight is 375 g/mol. The summed E-state index contributed by atoms with van der Waals surface area (Å²) in [5.74, 6) is -1.01. The molecule has 0 unspecified atom stereocenters. The number of aliphatic carboxylic acids is 1. The van der Waals surface area contributed by atoms with Gasteiger partial charge in [0, 0.05) is 18.4 Å². The highest BCUT2D eigenvalue weighted by Gasteiger charge is 2.11. The van der Waals surface area contributed by atoms with E-state index in [0.29, 0.717) is 15.7 Å². The smallest absolute Gasteiger partial charge is 0.328 e. The van der Waals surface area contributed by atoms with E-state index in [0.717, 1.165) is 11.6 Å². The Hall–Kier alpha value is -2.80. The van der Waals surface area contributed by atoms with Crippen LogP contribution in [0.2, 0.25) is 0 Å². The number of hydrogen-bond donors (Lipinski definition) is 1. The number of hydrogen-bond acceptors (Lipinski definition) is 4. The molecule has 0 saturated carbocycles. The van der Waals surface area contributed by atoms with Gasteiger partial charge in [-0.2, -0.15) is 0 Å². The van der Waals surface area contributed by atoms with Gasteiger partial charge in [0.2, 0.25) is 0 Å². The molecule has 0 amide bonds. The van der Waals surface area contributed by atoms with E-state index in [9.17, 15) is 14.9 Å². The standard InChI is InChI=1S/C16H11BrN2O4/c17-14-7-3-12(9-15(14)19(22)23)10-18-13-5-1-11(2-6-13)4-8-16(20)21/h1-10H,(H,20,21)/b8-4+,18-10?. The molecule has 2 rings (SSSR count). The van der Waals surface area contributed by atoms with E-state index in [4.69, 9.17) is 5.11 Å². The fourth-order valence-corrected chi connectivity index (χ4v) is 2.13. The second kappa shape index (κ2) is 7.46. The number of halogens is 1. The maximum absolute atomic E-state index is 10.9. The molecule has 0 spiro atoms. The molecule has 1 N–H and O–H groups in total. The zero-order chi connectivity index (χ0) is 16.8. The summed E-state index contributed by atoms with van der Waals surface area (Å²) in [6.07, 6.45) is 4.06. The highest BCUT2D eigenvalue weighted by Crippen LogP contribution is 2.25. The topological polar surface area (TPSA) is 92.8 Å². The van der Waals surface area contributed by atoms with Crippen molar-refractivity contribution in [3.8, 4) is 0 Å². The molecule has 7 heteroatoms. The van der Waals surface area contributed by atoms with Crippen LogP contribution in [0.15, 0.2) is 58.0 Å². The van der Waals surface area contributed by atoms with Crippen LogP contribution in [-0.2, 0) is 4.79 Å². The van der Waals surface area contributed by atoms with Gasteiger partial charge in [-0.05, 0) is 51.3 Å². The van der Waals surface area contributed by atoms with E-state index < -0.39 is 10.9 Å². The van der Waals surface area contributed by atoms with Gasteiger partial charge in [-0.3, -0.25) is 15.1 Å². The third kappa shape index (κ3) is 4.86. The van der Waals surface area contributed by atoms with Crippen molar-refractivity contribution in [2.24, 2.45) is 4.99 Å². The summed E-state index contributed by atoms with van der Waals surface area (Å²) in [5.41, 5.74) is 1.98. The van der Waals surface area contributed by atoms with Crippen LogP contribution in [0, 0.1) is 10.1 Å². The van der Waals surface area contributed by atoms with Crippen molar-refractivity contribution in [3.05, 3.63) is 74.3 Å². The van der Waals surface area contributed by atoms with Crippen molar-refractivity contribution in [2.45, 2.75) is 0 Å². The Balaban J connectivity index is 2.16. The maximum Gasteiger partial charge on any atom is 0.328 e. The minimum absolute atomic E-state index is 0.0249. The molecule has 23 heavy (non-hydrogen) atoms. The van der Waals surface area contributed by atoms with Gasteiger partial charge >= 0.3 is 5.97 Å². The van der Waals surface area contributed by atoms with Crippen molar-refractivity contribution in [1.82, 2.24) is 0 Å². The SMILES string of the molecule is O=C(O)/C=C/c1ccc(N=Cc2ccc(Br)c([N+](=O)[O-])c2)cc1. The van der Waals surface area contributed by atoms with E-state index in [2.05, 4.69) is 20.9 Å². The normalized spacial score (nSPS) is 11.2. The first-order chi connectivity index (χ1) is 11.0. The van der Waals surface area contributed by atoms with E-state index in [-0.39, 0.29) is 5.69 Å². The molecule has 116 valence electrons. The van der Waals surface area contributed by atoms with Crippen LogP contribution in [0.4, 0.5) is 11.4 Å². The van der Waals surface area contributed by atoms with Gasteiger partial charge in [0.05, 0.1) is 15.1 Å². The van der Waals surface area contributed by atoms with E-state index >= 15 is 0 Å². The lowest BCUT2D eigenvalue weighted by atomic mass is 10.2. The van der Waals surface area contributed by atoms with Crippen LogP contribution >= 0.6 is 15.9 Å². The number of carboxylic acid groups (broad SMARTS) is 1. The van der Waals surface area contributed by atoms with Gasteiger partial charge < -0.3 is 5.11 Å². The van der Waals surface area contributed by atoms with Crippen molar-refractivity contribution in [2.75, 3.05) is 0 Å².